The summed E-state index contributed by atoms with van der Waals surface area (Å²) in [5.41, 5.74) is 6.13. The van der Waals surface area contributed by atoms with Gasteiger partial charge >= 0.3 is 0 Å². The van der Waals surface area contributed by atoms with Gasteiger partial charge in [-0.05, 0) is 61.3 Å². The molecule has 0 radical (unpaired) electrons. The van der Waals surface area contributed by atoms with Crippen molar-refractivity contribution < 1.29 is 0 Å². The molecule has 0 saturated heterocycles. The third-order valence-electron chi connectivity index (χ3n) is 6.86. The quantitative estimate of drug-likeness (QED) is 0.670. The molecule has 5 rings (SSSR count). The van der Waals surface area contributed by atoms with Crippen LogP contribution in [0.2, 0.25) is 0 Å². The van der Waals surface area contributed by atoms with Gasteiger partial charge in [-0.25, -0.2) is 0 Å². The predicted octanol–water partition coefficient (Wildman–Crippen LogP) is 5.33. The van der Waals surface area contributed by atoms with E-state index >= 15 is 0 Å². The van der Waals surface area contributed by atoms with Crippen molar-refractivity contribution in [3.63, 3.8) is 0 Å². The Morgan fingerprint density at radius 2 is 1.88 bits per heavy atom. The monoisotopic (exact) mass is 369 g/mol. The first-order valence-corrected chi connectivity index (χ1v) is 10.1. The van der Waals surface area contributed by atoms with Crippen LogP contribution in [0.15, 0.2) is 18.2 Å². The smallest absolute Gasteiger partial charge is 0.0872 e. The Morgan fingerprint density at radius 1 is 1.04 bits per heavy atom. The summed E-state index contributed by atoms with van der Waals surface area (Å²) in [7, 11) is 0. The third-order valence-corrected chi connectivity index (χ3v) is 6.86. The van der Waals surface area contributed by atoms with E-state index < -0.39 is 0 Å². The van der Waals surface area contributed by atoms with Crippen LogP contribution in [0.25, 0.3) is 10.9 Å². The number of aryl methyl sites for hydroxylation is 1. The minimum absolute atomic E-state index is 0. The molecule has 1 aromatic carbocycles. The summed E-state index contributed by atoms with van der Waals surface area (Å²) in [4.78, 5) is 2.40. The lowest BCUT2D eigenvalue weighted by atomic mass is 9.83. The molecule has 2 aliphatic carbocycles. The number of halogens is 1. The van der Waals surface area contributed by atoms with E-state index in [1.807, 2.05) is 0 Å². The molecule has 1 aliphatic heterocycles. The van der Waals surface area contributed by atoms with Gasteiger partial charge in [0, 0.05) is 29.7 Å². The first-order valence-electron chi connectivity index (χ1n) is 10.1. The second-order valence-electron chi connectivity index (χ2n) is 8.16. The second-order valence-corrected chi connectivity index (χ2v) is 8.16. The normalized spacial score (nSPS) is 23.3. The highest BCUT2D eigenvalue weighted by atomic mass is 35.5. The summed E-state index contributed by atoms with van der Waals surface area (Å²) in [6.07, 6.45) is 10.6. The van der Waals surface area contributed by atoms with E-state index in [1.54, 1.807) is 11.1 Å². The van der Waals surface area contributed by atoms with Gasteiger partial charge in [0.2, 0.25) is 0 Å². The molecular weight excluding hydrogens is 342 g/mol. The molecule has 2 aromatic rings. The van der Waals surface area contributed by atoms with Crippen molar-refractivity contribution in [2.24, 2.45) is 0 Å². The van der Waals surface area contributed by atoms with E-state index in [2.05, 4.69) is 33.7 Å². The first kappa shape index (κ1) is 17.9. The van der Waals surface area contributed by atoms with Crippen molar-refractivity contribution in [2.45, 2.75) is 69.9 Å². The second kappa shape index (κ2) is 7.25. The van der Waals surface area contributed by atoms with Crippen molar-refractivity contribution >= 4 is 23.3 Å². The van der Waals surface area contributed by atoms with Gasteiger partial charge in [-0.2, -0.15) is 5.26 Å². The molecule has 1 fully saturated rings. The zero-order valence-electron chi connectivity index (χ0n) is 15.4. The van der Waals surface area contributed by atoms with E-state index in [4.69, 9.17) is 0 Å². The number of hydrogen-bond donors (Lipinski definition) is 0. The molecule has 3 aliphatic rings. The number of benzene rings is 1. The fourth-order valence-corrected chi connectivity index (χ4v) is 5.66. The van der Waals surface area contributed by atoms with Crippen molar-refractivity contribution in [1.29, 1.82) is 5.26 Å². The number of hydrogen-bond acceptors (Lipinski definition) is 2. The van der Waals surface area contributed by atoms with Crippen LogP contribution in [0.5, 0.6) is 0 Å². The first-order chi connectivity index (χ1) is 12.4. The molecular formula is C22H28ClN3. The van der Waals surface area contributed by atoms with E-state index in [1.165, 1.54) is 68.0 Å². The lowest BCUT2D eigenvalue weighted by Crippen LogP contribution is -2.39. The molecule has 1 unspecified atom stereocenters. The molecule has 1 saturated carbocycles. The van der Waals surface area contributed by atoms with E-state index in [-0.39, 0.29) is 12.4 Å². The summed E-state index contributed by atoms with van der Waals surface area (Å²) in [6.45, 7) is 2.62. The molecule has 138 valence electrons. The maximum atomic E-state index is 9.19. The van der Waals surface area contributed by atoms with Crippen molar-refractivity contribution in [3.05, 3.63) is 35.0 Å². The Hall–Kier alpha value is -1.50. The lowest BCUT2D eigenvalue weighted by molar-refractivity contribution is 0.160. The van der Waals surface area contributed by atoms with Crippen LogP contribution in [0, 0.1) is 11.3 Å². The molecule has 0 amide bonds. The van der Waals surface area contributed by atoms with Gasteiger partial charge in [-0.3, -0.25) is 4.90 Å². The van der Waals surface area contributed by atoms with Crippen LogP contribution in [0.3, 0.4) is 0 Å². The summed E-state index contributed by atoms with van der Waals surface area (Å²) in [5.74, 6) is 0.775. The Bertz CT molecular complexity index is 841. The Morgan fingerprint density at radius 3 is 2.69 bits per heavy atom. The molecule has 1 atom stereocenters. The van der Waals surface area contributed by atoms with Gasteiger partial charge < -0.3 is 4.57 Å². The van der Waals surface area contributed by atoms with Crippen molar-refractivity contribution in [1.82, 2.24) is 9.47 Å². The van der Waals surface area contributed by atoms with Gasteiger partial charge in [-0.15, -0.1) is 12.4 Å². The summed E-state index contributed by atoms with van der Waals surface area (Å²) in [5, 5.41) is 10.7. The van der Waals surface area contributed by atoms with Crippen LogP contribution in [0.4, 0.5) is 0 Å². The highest BCUT2D eigenvalue weighted by molar-refractivity contribution is 5.87. The predicted molar refractivity (Wildman–Crippen MR) is 108 cm³/mol. The molecule has 3 nitrogen and oxygen atoms in total. The van der Waals surface area contributed by atoms with E-state index in [0.29, 0.717) is 12.6 Å². The highest BCUT2D eigenvalue weighted by Crippen LogP contribution is 2.43. The minimum Gasteiger partial charge on any atom is -0.342 e. The third kappa shape index (κ3) is 2.75. The van der Waals surface area contributed by atoms with E-state index in [9.17, 15) is 5.26 Å². The topological polar surface area (TPSA) is 32.0 Å². The number of nitriles is 1. The number of fused-ring (bicyclic) bond motifs is 3. The Labute approximate surface area is 162 Å². The molecule has 1 aromatic heterocycles. The zero-order chi connectivity index (χ0) is 16.8. The molecule has 2 heterocycles. The van der Waals surface area contributed by atoms with Crippen LogP contribution >= 0.6 is 12.4 Å². The van der Waals surface area contributed by atoms with Gasteiger partial charge in [0.05, 0.1) is 18.7 Å². The van der Waals surface area contributed by atoms with E-state index in [0.717, 1.165) is 19.0 Å². The number of nitrogens with zero attached hydrogens (tertiary/aromatic N) is 3. The summed E-state index contributed by atoms with van der Waals surface area (Å²) in [6, 6.07) is 10.2. The number of rotatable bonds is 2. The molecule has 26 heavy (non-hydrogen) atoms. The summed E-state index contributed by atoms with van der Waals surface area (Å²) < 4.78 is 2.58. The molecule has 4 heteroatoms. The van der Waals surface area contributed by atoms with Gasteiger partial charge in [-0.1, -0.05) is 25.3 Å². The molecule has 0 bridgehead atoms. The largest absolute Gasteiger partial charge is 0.342 e. The highest BCUT2D eigenvalue weighted by Gasteiger charge is 2.34. The SMILES string of the molecule is Cl.N#CCN1CCn2c3c(c4cc(C5CCCCC5)ccc42)CCCC31. The van der Waals surface area contributed by atoms with Gasteiger partial charge in [0.15, 0.2) is 0 Å². The zero-order valence-corrected chi connectivity index (χ0v) is 16.2. The molecule has 0 N–H and O–H groups in total. The van der Waals surface area contributed by atoms with Crippen molar-refractivity contribution in [2.75, 3.05) is 13.1 Å². The maximum absolute atomic E-state index is 9.19. The van der Waals surface area contributed by atoms with Crippen LogP contribution < -0.4 is 0 Å². The minimum atomic E-state index is 0. The van der Waals surface area contributed by atoms with Gasteiger partial charge in [0.25, 0.3) is 0 Å². The van der Waals surface area contributed by atoms with Crippen molar-refractivity contribution in [3.8, 4) is 6.07 Å². The Balaban J connectivity index is 0.00000168. The standard InChI is InChI=1S/C22H27N3.ClH/c23-11-12-24-13-14-25-20-10-9-17(16-5-2-1-3-6-16)15-19(20)18-7-4-8-21(24)22(18)25;/h9-10,15-16,21H,1-8,12-14H2;1H. The fraction of sp³-hybridized carbons (Fsp3) is 0.591. The summed E-state index contributed by atoms with van der Waals surface area (Å²) >= 11 is 0. The fourth-order valence-electron chi connectivity index (χ4n) is 5.66. The van der Waals surface area contributed by atoms with Crippen LogP contribution in [0.1, 0.15) is 73.7 Å². The van der Waals surface area contributed by atoms with Crippen LogP contribution in [-0.2, 0) is 13.0 Å². The number of aromatic nitrogens is 1. The average Bonchev–Trinajstić information content (AvgIpc) is 3.00. The lowest BCUT2D eigenvalue weighted by Gasteiger charge is -2.38. The average molecular weight is 370 g/mol. The Kier molecular flexibility index (Phi) is 4.99. The maximum Gasteiger partial charge on any atom is 0.0872 e. The molecule has 0 spiro atoms. The van der Waals surface area contributed by atoms with Gasteiger partial charge in [0.1, 0.15) is 0 Å². The van der Waals surface area contributed by atoms with Crippen LogP contribution in [-0.4, -0.2) is 22.6 Å².